The predicted octanol–water partition coefficient (Wildman–Crippen LogP) is 19.1. The average molecular weight is 1320 g/mol. The number of aryl methyl sites for hydroxylation is 11. The molecule has 6 heterocycles. The molecule has 6 aromatic carbocycles. The van der Waals surface area contributed by atoms with Gasteiger partial charge in [-0.25, -0.2) is 59.8 Å². The van der Waals surface area contributed by atoms with Crippen molar-refractivity contribution in [3.05, 3.63) is 277 Å². The van der Waals surface area contributed by atoms with Crippen LogP contribution in [0.2, 0.25) is 0 Å². The van der Waals surface area contributed by atoms with Crippen LogP contribution in [-0.4, -0.2) is 59.8 Å². The molecule has 0 N–H and O–H groups in total. The fourth-order valence-corrected chi connectivity index (χ4v) is 16.1. The Bertz CT molecular complexity index is 5400. The standard InChI is InChI=1S/4C15H16N2.2C14H14N2/c1-8-9(2)11(4)15-12(10(8)3)5-14-13(15)6-16-7-17-14;1-8-5-13-12(10(3)9(8)2)6-15-14(13)7-16-11(4)17-15;1-8-5-13-12(10(3)9(8)2)6-14-15(13)11(4)16-7-17-14;1-8-5-9(2)14-12(10(8)3)6-13-15(14)11(4)16-7-17-13;1-8-4-5-11-12(9(8)2)6-14-13(11)7-15-10(3)16-14;1-8-4-5-11-12(9(8)2)6-13-14(11)10(3)15-7-16-13/h6-7H,5H2,1-4H3;3*5,7H,6H2,1-4H3;2*4-5,7H,6H2,1-3H3. The van der Waals surface area contributed by atoms with E-state index in [-0.39, 0.29) is 0 Å². The van der Waals surface area contributed by atoms with Crippen LogP contribution in [-0.2, 0) is 38.5 Å². The van der Waals surface area contributed by atoms with Crippen LogP contribution in [0.25, 0.3) is 66.8 Å². The molecule has 0 bridgehead atoms. The van der Waals surface area contributed by atoms with Crippen molar-refractivity contribution in [2.45, 2.75) is 191 Å². The minimum absolute atomic E-state index is 0.862. The Morgan fingerprint density at radius 1 is 0.220 bits per heavy atom. The fraction of sp³-hybridized carbons (Fsp3) is 0.318. The first-order valence-corrected chi connectivity index (χ1v) is 35.2. The van der Waals surface area contributed by atoms with Gasteiger partial charge in [0.15, 0.2) is 0 Å². The van der Waals surface area contributed by atoms with E-state index in [1.165, 1.54) is 229 Å². The van der Waals surface area contributed by atoms with Gasteiger partial charge in [-0.05, 0) is 314 Å². The third-order valence-corrected chi connectivity index (χ3v) is 23.1. The number of benzene rings is 6. The molecule has 12 nitrogen and oxygen atoms in total. The molecule has 0 radical (unpaired) electrons. The van der Waals surface area contributed by atoms with Gasteiger partial charge in [0.25, 0.3) is 0 Å². The summed E-state index contributed by atoms with van der Waals surface area (Å²) in [5.41, 5.74) is 58.1. The summed E-state index contributed by atoms with van der Waals surface area (Å²) in [5, 5.41) is 0. The van der Waals surface area contributed by atoms with E-state index in [0.29, 0.717) is 0 Å². The maximum atomic E-state index is 4.56. The first-order valence-electron chi connectivity index (χ1n) is 35.2. The third kappa shape index (κ3) is 12.0. The van der Waals surface area contributed by atoms with Crippen LogP contribution < -0.4 is 0 Å². The number of hydrogen-bond acceptors (Lipinski definition) is 12. The zero-order chi connectivity index (χ0) is 71.2. The molecule has 0 aliphatic heterocycles. The van der Waals surface area contributed by atoms with Crippen molar-refractivity contribution in [3.63, 3.8) is 0 Å². The van der Waals surface area contributed by atoms with E-state index in [0.717, 1.165) is 67.3 Å². The van der Waals surface area contributed by atoms with Crippen molar-refractivity contribution in [2.24, 2.45) is 0 Å². The highest BCUT2D eigenvalue weighted by Gasteiger charge is 2.31. The molecule has 0 spiro atoms. The molecule has 504 valence electrons. The molecule has 6 aliphatic rings. The summed E-state index contributed by atoms with van der Waals surface area (Å²) in [4.78, 5) is 52.5. The number of hydrogen-bond donors (Lipinski definition) is 0. The lowest BCUT2D eigenvalue weighted by atomic mass is 9.89. The maximum Gasteiger partial charge on any atom is 0.125 e. The number of aromatic nitrogens is 12. The molecular weight excluding hydrogens is 1230 g/mol. The summed E-state index contributed by atoms with van der Waals surface area (Å²) < 4.78 is 0. The van der Waals surface area contributed by atoms with Crippen LogP contribution in [0.3, 0.4) is 0 Å². The molecule has 12 heteroatoms. The Kier molecular flexibility index (Phi) is 18.3. The monoisotopic (exact) mass is 1320 g/mol. The van der Waals surface area contributed by atoms with Gasteiger partial charge in [-0.2, -0.15) is 0 Å². The Balaban J connectivity index is 0.000000108. The predicted molar refractivity (Wildman–Crippen MR) is 406 cm³/mol. The van der Waals surface area contributed by atoms with Crippen molar-refractivity contribution in [1.82, 2.24) is 59.8 Å². The van der Waals surface area contributed by atoms with Crippen molar-refractivity contribution in [3.8, 4) is 66.8 Å². The molecule has 6 aromatic heterocycles. The Labute approximate surface area is 591 Å². The van der Waals surface area contributed by atoms with Crippen LogP contribution in [0.15, 0.2) is 86.4 Å². The smallest absolute Gasteiger partial charge is 0.125 e. The molecule has 0 saturated carbocycles. The van der Waals surface area contributed by atoms with E-state index in [9.17, 15) is 0 Å². The van der Waals surface area contributed by atoms with E-state index in [4.69, 9.17) is 0 Å². The zero-order valence-corrected chi connectivity index (χ0v) is 62.7. The topological polar surface area (TPSA) is 155 Å². The minimum Gasteiger partial charge on any atom is -0.244 e. The second-order valence-corrected chi connectivity index (χ2v) is 28.7. The van der Waals surface area contributed by atoms with E-state index in [2.05, 4.69) is 241 Å². The van der Waals surface area contributed by atoms with Crippen molar-refractivity contribution < 1.29 is 0 Å². The highest BCUT2D eigenvalue weighted by atomic mass is 14.9. The summed E-state index contributed by atoms with van der Waals surface area (Å²) in [6.45, 7) is 47.4. The maximum absolute atomic E-state index is 4.56. The lowest BCUT2D eigenvalue weighted by Crippen LogP contribution is -1.98. The highest BCUT2D eigenvalue weighted by molar-refractivity contribution is 5.84. The number of fused-ring (bicyclic) bond motifs is 18. The lowest BCUT2D eigenvalue weighted by Gasteiger charge is -2.15. The van der Waals surface area contributed by atoms with Gasteiger partial charge < -0.3 is 0 Å². The van der Waals surface area contributed by atoms with Gasteiger partial charge in [0.2, 0.25) is 0 Å². The van der Waals surface area contributed by atoms with Gasteiger partial charge in [-0.1, -0.05) is 42.5 Å². The largest absolute Gasteiger partial charge is 0.244 e. The molecule has 0 saturated heterocycles. The summed E-state index contributed by atoms with van der Waals surface area (Å²) >= 11 is 0. The van der Waals surface area contributed by atoms with Crippen molar-refractivity contribution in [1.29, 1.82) is 0 Å². The number of nitrogens with zero attached hydrogens (tertiary/aromatic N) is 12. The van der Waals surface area contributed by atoms with Crippen molar-refractivity contribution >= 4 is 0 Å². The first kappa shape index (κ1) is 68.3. The molecule has 100 heavy (non-hydrogen) atoms. The van der Waals surface area contributed by atoms with Crippen molar-refractivity contribution in [2.75, 3.05) is 0 Å². The Morgan fingerprint density at radius 2 is 0.610 bits per heavy atom. The van der Waals surface area contributed by atoms with Gasteiger partial charge >= 0.3 is 0 Å². The third-order valence-electron chi connectivity index (χ3n) is 23.1. The SMILES string of the molecule is Cc1c(C)c(C)c2c(c1C)Cc1ncncc1-2.Cc1cc(C)c2c(c1C)Cc1ncnc(C)c1-2.Cc1cc2c(c(C)c1C)Cc1ncnc(C)c1-2.Cc1ccc2c(c1C)Cc1ncnc(C)c1-2.Cc1ncc2c(n1)Cc1c-2cc(C)c(C)c1C.Cc1ncc2c(n1)Cc1c-2ccc(C)c1C. The average Bonchev–Trinajstić information content (AvgIpc) is 1.54. The molecule has 0 unspecified atom stereocenters. The molecular formula is C88H92N12. The summed E-state index contributed by atoms with van der Waals surface area (Å²) in [6.07, 6.45) is 18.3. The van der Waals surface area contributed by atoms with E-state index >= 15 is 0 Å². The van der Waals surface area contributed by atoms with Gasteiger partial charge in [0.05, 0.1) is 34.2 Å². The fourth-order valence-electron chi connectivity index (χ4n) is 16.1. The van der Waals surface area contributed by atoms with Crippen LogP contribution in [0.1, 0.15) is 191 Å². The second-order valence-electron chi connectivity index (χ2n) is 28.7. The van der Waals surface area contributed by atoms with Crippen LogP contribution in [0, 0.1) is 152 Å². The highest BCUT2D eigenvalue weighted by Crippen LogP contribution is 2.46. The van der Waals surface area contributed by atoms with E-state index in [1.807, 2.05) is 32.4 Å². The first-order chi connectivity index (χ1) is 47.7. The molecule has 0 atom stereocenters. The molecule has 18 rings (SSSR count). The Hall–Kier alpha value is -10.2. The molecule has 12 aromatic rings. The summed E-state index contributed by atoms with van der Waals surface area (Å²) in [7, 11) is 0. The van der Waals surface area contributed by atoms with Crippen LogP contribution in [0.5, 0.6) is 0 Å². The Morgan fingerprint density at radius 3 is 1.18 bits per heavy atom. The van der Waals surface area contributed by atoms with E-state index < -0.39 is 0 Å². The lowest BCUT2D eigenvalue weighted by molar-refractivity contribution is 0.990. The van der Waals surface area contributed by atoms with Crippen LogP contribution in [0.4, 0.5) is 0 Å². The number of rotatable bonds is 0. The van der Waals surface area contributed by atoms with E-state index in [1.54, 1.807) is 25.3 Å². The minimum atomic E-state index is 0.862. The van der Waals surface area contributed by atoms with Gasteiger partial charge in [0.1, 0.15) is 37.0 Å². The summed E-state index contributed by atoms with van der Waals surface area (Å²) in [5.74, 6) is 1.73. The van der Waals surface area contributed by atoms with Gasteiger partial charge in [-0.15, -0.1) is 0 Å². The van der Waals surface area contributed by atoms with Gasteiger partial charge in [0, 0.05) is 108 Å². The molecule has 6 aliphatic carbocycles. The van der Waals surface area contributed by atoms with Crippen LogP contribution >= 0.6 is 0 Å². The quantitative estimate of drug-likeness (QED) is 0.142. The second kappa shape index (κ2) is 26.8. The molecule has 0 fully saturated rings. The molecule has 0 amide bonds. The summed E-state index contributed by atoms with van der Waals surface area (Å²) in [6, 6.07) is 15.6. The normalized spacial score (nSPS) is 12.5. The zero-order valence-electron chi connectivity index (χ0n) is 62.7. The van der Waals surface area contributed by atoms with Gasteiger partial charge in [-0.3, -0.25) is 0 Å².